The molecule has 1 heterocycles. The first kappa shape index (κ1) is 23.8. The maximum atomic E-state index is 13.6. The second-order valence-corrected chi connectivity index (χ2v) is 10.4. The van der Waals surface area contributed by atoms with Crippen LogP contribution in [0.3, 0.4) is 0 Å². The predicted octanol–water partition coefficient (Wildman–Crippen LogP) is 4.58. The maximum Gasteiger partial charge on any atom is 0.179 e. The van der Waals surface area contributed by atoms with Gasteiger partial charge in [0.1, 0.15) is 12.4 Å². The molecule has 0 aliphatic carbocycles. The second kappa shape index (κ2) is 10.2. The third-order valence-electron chi connectivity index (χ3n) is 6.52. The zero-order chi connectivity index (χ0) is 22.5. The van der Waals surface area contributed by atoms with Crippen molar-refractivity contribution < 1.29 is 23.0 Å². The first-order valence-electron chi connectivity index (χ1n) is 11.1. The lowest BCUT2D eigenvalue weighted by atomic mass is 9.69. The Hall–Kier alpha value is -1.89. The molecule has 6 heteroatoms. The molecule has 170 valence electrons. The molecule has 2 aromatic carbocycles. The van der Waals surface area contributed by atoms with Crippen LogP contribution in [0.1, 0.15) is 56.6 Å². The van der Waals surface area contributed by atoms with E-state index in [0.717, 1.165) is 18.4 Å². The molecule has 0 radical (unpaired) electrons. The largest absolute Gasteiger partial charge is 0.491 e. The zero-order valence-electron chi connectivity index (χ0n) is 18.7. The van der Waals surface area contributed by atoms with Crippen molar-refractivity contribution >= 4 is 9.84 Å². The van der Waals surface area contributed by atoms with E-state index >= 15 is 0 Å². The fourth-order valence-corrected chi connectivity index (χ4v) is 6.98. The molecule has 0 amide bonds. The number of unbranched alkanes of at least 4 members (excludes halogenated alkanes) is 1. The molecule has 0 spiro atoms. The van der Waals surface area contributed by atoms with Gasteiger partial charge in [0.05, 0.1) is 23.4 Å². The van der Waals surface area contributed by atoms with Crippen LogP contribution >= 0.6 is 0 Å². The van der Waals surface area contributed by atoms with E-state index in [0.29, 0.717) is 37.4 Å². The molecular weight excluding hydrogens is 412 g/mol. The molecule has 5 nitrogen and oxygen atoms in total. The first-order chi connectivity index (χ1) is 14.9. The summed E-state index contributed by atoms with van der Waals surface area (Å²) in [4.78, 5) is 0.266. The van der Waals surface area contributed by atoms with Crippen molar-refractivity contribution in [2.75, 3.05) is 26.1 Å². The number of aliphatic hydroxyl groups excluding tert-OH is 1. The summed E-state index contributed by atoms with van der Waals surface area (Å²) in [6.07, 6.45) is 2.30. The Kier molecular flexibility index (Phi) is 7.78. The van der Waals surface area contributed by atoms with Gasteiger partial charge in [-0.15, -0.1) is 0 Å². The van der Waals surface area contributed by atoms with Crippen LogP contribution in [0, 0.1) is 5.41 Å². The minimum atomic E-state index is -3.63. The number of sulfone groups is 1. The van der Waals surface area contributed by atoms with E-state index in [9.17, 15) is 13.5 Å². The Bertz CT molecular complexity index is 957. The normalized spacial score (nSPS) is 24.9. The van der Waals surface area contributed by atoms with Crippen molar-refractivity contribution in [3.63, 3.8) is 0 Å². The van der Waals surface area contributed by atoms with Crippen molar-refractivity contribution in [2.24, 2.45) is 5.41 Å². The summed E-state index contributed by atoms with van der Waals surface area (Å²) in [5, 5.41) is 11.7. The quantitative estimate of drug-likeness (QED) is 0.571. The minimum absolute atomic E-state index is 0.0600. The van der Waals surface area contributed by atoms with Crippen LogP contribution in [-0.2, 0) is 14.6 Å². The number of rotatable bonds is 9. The van der Waals surface area contributed by atoms with Crippen molar-refractivity contribution in [2.45, 2.75) is 56.4 Å². The topological polar surface area (TPSA) is 72.8 Å². The Labute approximate surface area is 186 Å². The summed E-state index contributed by atoms with van der Waals surface area (Å²) < 4.78 is 38.0. The summed E-state index contributed by atoms with van der Waals surface area (Å²) in [5.74, 6) is 0.0201. The van der Waals surface area contributed by atoms with Crippen molar-refractivity contribution in [3.05, 3.63) is 59.7 Å². The molecule has 0 fully saturated rings. The lowest BCUT2D eigenvalue weighted by molar-refractivity contribution is 0.0174. The molecule has 0 unspecified atom stereocenters. The molecular formula is C25H34O5S. The number of hydrogen-bond donors (Lipinski definition) is 1. The summed E-state index contributed by atoms with van der Waals surface area (Å²) >= 11 is 0. The van der Waals surface area contributed by atoms with E-state index in [1.807, 2.05) is 43.3 Å². The van der Waals surface area contributed by atoms with E-state index in [2.05, 4.69) is 6.92 Å². The van der Waals surface area contributed by atoms with Crippen molar-refractivity contribution in [3.8, 4) is 5.75 Å². The lowest BCUT2D eigenvalue weighted by Crippen LogP contribution is -2.42. The Morgan fingerprint density at radius 2 is 1.84 bits per heavy atom. The maximum absolute atomic E-state index is 13.6. The van der Waals surface area contributed by atoms with E-state index in [4.69, 9.17) is 9.47 Å². The molecule has 2 aromatic rings. The van der Waals surface area contributed by atoms with Gasteiger partial charge in [0.2, 0.25) is 0 Å². The average Bonchev–Trinajstić information content (AvgIpc) is 2.84. The number of hydrogen-bond acceptors (Lipinski definition) is 5. The Morgan fingerprint density at radius 3 is 2.48 bits per heavy atom. The molecule has 0 saturated carbocycles. The van der Waals surface area contributed by atoms with Crippen LogP contribution < -0.4 is 4.74 Å². The smallest absolute Gasteiger partial charge is 0.179 e. The third kappa shape index (κ3) is 4.97. The van der Waals surface area contributed by atoms with E-state index in [1.165, 1.54) is 0 Å². The Balaban J connectivity index is 2.18. The van der Waals surface area contributed by atoms with Gasteiger partial charge in [-0.1, -0.05) is 63.1 Å². The predicted molar refractivity (Wildman–Crippen MR) is 122 cm³/mol. The van der Waals surface area contributed by atoms with Crippen LogP contribution in [0.25, 0.3) is 0 Å². The first-order valence-corrected chi connectivity index (χ1v) is 12.7. The SMILES string of the molecule is CCCC[C@]1(CC)CS(=O)(=O)c2cc(OCCOC)ccc2[C@H](c2ccccc2)[C@@H]1O. The molecule has 0 bridgehead atoms. The summed E-state index contributed by atoms with van der Waals surface area (Å²) in [5.41, 5.74) is 0.867. The zero-order valence-corrected chi connectivity index (χ0v) is 19.5. The van der Waals surface area contributed by atoms with Gasteiger partial charge >= 0.3 is 0 Å². The highest BCUT2D eigenvalue weighted by Gasteiger charge is 2.48. The number of fused-ring (bicyclic) bond motifs is 1. The number of methoxy groups -OCH3 is 1. The van der Waals surface area contributed by atoms with Gasteiger partial charge in [-0.3, -0.25) is 0 Å². The fourth-order valence-electron chi connectivity index (χ4n) is 4.70. The van der Waals surface area contributed by atoms with Gasteiger partial charge in [0.25, 0.3) is 0 Å². The summed E-state index contributed by atoms with van der Waals surface area (Å²) in [7, 11) is -2.03. The molecule has 0 saturated heterocycles. The molecule has 31 heavy (non-hydrogen) atoms. The average molecular weight is 447 g/mol. The van der Waals surface area contributed by atoms with E-state index in [-0.39, 0.29) is 10.6 Å². The summed E-state index contributed by atoms with van der Waals surface area (Å²) in [6, 6.07) is 15.0. The molecule has 3 atom stereocenters. The highest BCUT2D eigenvalue weighted by Crippen LogP contribution is 2.49. The van der Waals surface area contributed by atoms with Crippen LogP contribution in [0.15, 0.2) is 53.4 Å². The van der Waals surface area contributed by atoms with Crippen molar-refractivity contribution in [1.82, 2.24) is 0 Å². The molecule has 1 N–H and O–H groups in total. The number of aliphatic hydroxyl groups is 1. The van der Waals surface area contributed by atoms with Gasteiger partial charge in [0, 0.05) is 18.4 Å². The lowest BCUT2D eigenvalue weighted by Gasteiger charge is -2.39. The highest BCUT2D eigenvalue weighted by molar-refractivity contribution is 7.91. The monoisotopic (exact) mass is 446 g/mol. The van der Waals surface area contributed by atoms with Gasteiger partial charge < -0.3 is 14.6 Å². The second-order valence-electron chi connectivity index (χ2n) is 8.45. The van der Waals surface area contributed by atoms with Gasteiger partial charge in [-0.2, -0.15) is 0 Å². The van der Waals surface area contributed by atoms with Crippen molar-refractivity contribution in [1.29, 1.82) is 0 Å². The van der Waals surface area contributed by atoms with Crippen LogP contribution in [0.4, 0.5) is 0 Å². The van der Waals surface area contributed by atoms with Gasteiger partial charge in [0.15, 0.2) is 9.84 Å². The number of ether oxygens (including phenoxy) is 2. The van der Waals surface area contributed by atoms with Gasteiger partial charge in [-0.05, 0) is 36.1 Å². The molecule has 0 aromatic heterocycles. The molecule has 1 aliphatic rings. The standard InChI is InChI=1S/C25H34O5S/c1-4-6-14-25(5-2)18-31(27,28)22-17-20(30-16-15-29-3)12-13-21(22)23(24(25)26)19-10-8-7-9-11-19/h7-13,17,23-24,26H,4-6,14-16,18H2,1-3H3/t23-,24-,25+/m0/s1. The minimum Gasteiger partial charge on any atom is -0.491 e. The molecule has 1 aliphatic heterocycles. The van der Waals surface area contributed by atoms with Crippen LogP contribution in [-0.4, -0.2) is 45.7 Å². The van der Waals surface area contributed by atoms with E-state index < -0.39 is 27.3 Å². The van der Waals surface area contributed by atoms with E-state index in [1.54, 1.807) is 19.2 Å². The Morgan fingerprint density at radius 1 is 1.10 bits per heavy atom. The fraction of sp³-hybridized carbons (Fsp3) is 0.520. The van der Waals surface area contributed by atoms with Gasteiger partial charge in [-0.25, -0.2) is 8.42 Å². The van der Waals surface area contributed by atoms with Crippen LogP contribution in [0.2, 0.25) is 0 Å². The summed E-state index contributed by atoms with van der Waals surface area (Å²) in [6.45, 7) is 4.85. The number of benzene rings is 2. The highest BCUT2D eigenvalue weighted by atomic mass is 32.2. The molecule has 3 rings (SSSR count). The third-order valence-corrected chi connectivity index (χ3v) is 8.50. The van der Waals surface area contributed by atoms with Crippen LogP contribution in [0.5, 0.6) is 5.75 Å².